The quantitative estimate of drug-likeness (QED) is 0.286. The molecule has 0 aliphatic carbocycles. The highest BCUT2D eigenvalue weighted by molar-refractivity contribution is 7.99. The van der Waals surface area contributed by atoms with Crippen molar-refractivity contribution in [3.8, 4) is 5.69 Å². The first-order chi connectivity index (χ1) is 15.0. The van der Waals surface area contributed by atoms with Gasteiger partial charge in [0, 0.05) is 16.6 Å². The molecule has 5 nitrogen and oxygen atoms in total. The van der Waals surface area contributed by atoms with Crippen molar-refractivity contribution in [3.05, 3.63) is 85.9 Å². The van der Waals surface area contributed by atoms with Crippen LogP contribution in [0.1, 0.15) is 5.56 Å². The Balaban J connectivity index is 1.47. The maximum Gasteiger partial charge on any atom is 0.276 e. The lowest BCUT2D eigenvalue weighted by atomic mass is 10.1. The minimum Gasteiger partial charge on any atom is -0.355 e. The van der Waals surface area contributed by atoms with E-state index in [1.807, 2.05) is 35.7 Å². The van der Waals surface area contributed by atoms with Crippen LogP contribution in [0.5, 0.6) is 0 Å². The van der Waals surface area contributed by atoms with Crippen LogP contribution in [0.4, 0.5) is 0 Å². The van der Waals surface area contributed by atoms with Crippen LogP contribution < -0.4 is 10.9 Å². The number of nitrogens with one attached hydrogen (secondary N) is 1. The molecule has 4 rings (SSSR count). The van der Waals surface area contributed by atoms with Crippen LogP contribution in [-0.4, -0.2) is 27.8 Å². The second kappa shape index (κ2) is 9.87. The number of aromatic nitrogens is 2. The molecule has 4 aromatic rings. The summed E-state index contributed by atoms with van der Waals surface area (Å²) < 4.78 is 2.10. The Morgan fingerprint density at radius 3 is 2.42 bits per heavy atom. The summed E-state index contributed by atoms with van der Waals surface area (Å²) in [7, 11) is 0. The second-order valence-electron chi connectivity index (χ2n) is 6.66. The fraction of sp³-hybridized carbons (Fsp3) is 0.136. The summed E-state index contributed by atoms with van der Waals surface area (Å²) in [4.78, 5) is 30.1. The largest absolute Gasteiger partial charge is 0.355 e. The Hall–Kier alpha value is -2.32. The van der Waals surface area contributed by atoms with Crippen molar-refractivity contribution < 1.29 is 4.79 Å². The van der Waals surface area contributed by atoms with E-state index in [-0.39, 0.29) is 17.2 Å². The van der Waals surface area contributed by atoms with Gasteiger partial charge in [-0.15, -0.1) is 11.3 Å². The lowest BCUT2D eigenvalue weighted by Gasteiger charge is -2.12. The number of hydrogen-bond acceptors (Lipinski definition) is 5. The predicted molar refractivity (Wildman–Crippen MR) is 129 cm³/mol. The maximum atomic E-state index is 13.1. The zero-order chi connectivity index (χ0) is 21.8. The molecule has 0 aliphatic heterocycles. The summed E-state index contributed by atoms with van der Waals surface area (Å²) >= 11 is 14.5. The van der Waals surface area contributed by atoms with Gasteiger partial charge in [-0.1, -0.05) is 47.1 Å². The van der Waals surface area contributed by atoms with Crippen LogP contribution >= 0.6 is 46.3 Å². The maximum absolute atomic E-state index is 13.1. The molecular formula is C22H17Cl2N3O2S2. The zero-order valence-electron chi connectivity index (χ0n) is 16.2. The minimum atomic E-state index is -0.159. The molecule has 2 aromatic carbocycles. The molecule has 0 unspecified atom stereocenters. The summed E-state index contributed by atoms with van der Waals surface area (Å²) in [5, 5.41) is 6.47. The summed E-state index contributed by atoms with van der Waals surface area (Å²) in [5.74, 6) is 0.0253. The van der Waals surface area contributed by atoms with Gasteiger partial charge in [-0.25, -0.2) is 4.98 Å². The molecule has 0 spiro atoms. The number of nitrogens with zero attached hydrogens (tertiary/aromatic N) is 2. The predicted octanol–water partition coefficient (Wildman–Crippen LogP) is 5.21. The number of thioether (sulfide) groups is 1. The highest BCUT2D eigenvalue weighted by Crippen LogP contribution is 2.24. The third kappa shape index (κ3) is 5.30. The highest BCUT2D eigenvalue weighted by atomic mass is 35.5. The number of carbonyl (C=O) groups excluding carboxylic acids is 1. The number of amides is 1. The Morgan fingerprint density at radius 1 is 1.03 bits per heavy atom. The molecule has 9 heteroatoms. The first-order valence-electron chi connectivity index (χ1n) is 9.41. The van der Waals surface area contributed by atoms with Gasteiger partial charge in [-0.3, -0.25) is 14.2 Å². The first-order valence-corrected chi connectivity index (χ1v) is 12.0. The third-order valence-electron chi connectivity index (χ3n) is 4.52. The molecule has 158 valence electrons. The molecule has 0 aliphatic rings. The van der Waals surface area contributed by atoms with Gasteiger partial charge in [0.25, 0.3) is 5.56 Å². The van der Waals surface area contributed by atoms with E-state index in [2.05, 4.69) is 10.3 Å². The average molecular weight is 490 g/mol. The van der Waals surface area contributed by atoms with Crippen LogP contribution in [0.15, 0.2) is 69.9 Å². The Labute approximate surface area is 197 Å². The molecule has 0 saturated carbocycles. The molecule has 0 radical (unpaired) electrons. The van der Waals surface area contributed by atoms with Crippen molar-refractivity contribution in [2.75, 3.05) is 12.3 Å². The number of rotatable bonds is 7. The van der Waals surface area contributed by atoms with Gasteiger partial charge in [0.15, 0.2) is 5.16 Å². The second-order valence-corrected chi connectivity index (χ2v) is 9.39. The van der Waals surface area contributed by atoms with E-state index in [1.165, 1.54) is 27.7 Å². The van der Waals surface area contributed by atoms with Crippen molar-refractivity contribution >= 4 is 62.4 Å². The molecule has 1 amide bonds. The van der Waals surface area contributed by atoms with Gasteiger partial charge in [-0.05, 0) is 59.8 Å². The molecule has 1 N–H and O–H groups in total. The summed E-state index contributed by atoms with van der Waals surface area (Å²) in [5.41, 5.74) is 2.22. The number of thiophene rings is 1. The van der Waals surface area contributed by atoms with E-state index in [1.54, 1.807) is 24.3 Å². The summed E-state index contributed by atoms with van der Waals surface area (Å²) in [6, 6.07) is 16.3. The van der Waals surface area contributed by atoms with Gasteiger partial charge >= 0.3 is 0 Å². The van der Waals surface area contributed by atoms with Gasteiger partial charge in [0.2, 0.25) is 5.91 Å². The Morgan fingerprint density at radius 2 is 1.71 bits per heavy atom. The van der Waals surface area contributed by atoms with Gasteiger partial charge in [0.05, 0.1) is 17.0 Å². The van der Waals surface area contributed by atoms with Crippen LogP contribution in [-0.2, 0) is 11.2 Å². The first kappa shape index (κ1) is 21.9. The van der Waals surface area contributed by atoms with Gasteiger partial charge < -0.3 is 5.32 Å². The molecule has 2 aromatic heterocycles. The molecule has 0 bridgehead atoms. The van der Waals surface area contributed by atoms with Crippen LogP contribution in [0.3, 0.4) is 0 Å². The Kier molecular flexibility index (Phi) is 6.97. The third-order valence-corrected chi connectivity index (χ3v) is 6.85. The van der Waals surface area contributed by atoms with E-state index < -0.39 is 0 Å². The van der Waals surface area contributed by atoms with Crippen molar-refractivity contribution in [2.45, 2.75) is 11.6 Å². The molecule has 2 heterocycles. The van der Waals surface area contributed by atoms with E-state index in [4.69, 9.17) is 23.2 Å². The normalized spacial score (nSPS) is 11.0. The van der Waals surface area contributed by atoms with Crippen molar-refractivity contribution in [3.63, 3.8) is 0 Å². The number of fused-ring (bicyclic) bond motifs is 1. The summed E-state index contributed by atoms with van der Waals surface area (Å²) in [6.45, 7) is 0.516. The van der Waals surface area contributed by atoms with Crippen LogP contribution in [0.25, 0.3) is 15.9 Å². The average Bonchev–Trinajstić information content (AvgIpc) is 3.24. The SMILES string of the molecule is O=C(CSc1nc2ccsc2c(=O)n1-c1ccc(Cl)cc1)NCCc1ccc(Cl)cc1. The molecular weight excluding hydrogens is 473 g/mol. The zero-order valence-corrected chi connectivity index (χ0v) is 19.3. The van der Waals surface area contributed by atoms with E-state index in [9.17, 15) is 9.59 Å². The van der Waals surface area contributed by atoms with E-state index in [0.717, 1.165) is 5.56 Å². The molecule has 31 heavy (non-hydrogen) atoms. The fourth-order valence-electron chi connectivity index (χ4n) is 2.99. The van der Waals surface area contributed by atoms with Crippen molar-refractivity contribution in [2.24, 2.45) is 0 Å². The van der Waals surface area contributed by atoms with E-state index >= 15 is 0 Å². The smallest absolute Gasteiger partial charge is 0.276 e. The lowest BCUT2D eigenvalue weighted by Crippen LogP contribution is -2.28. The van der Waals surface area contributed by atoms with Gasteiger partial charge in [-0.2, -0.15) is 0 Å². The highest BCUT2D eigenvalue weighted by Gasteiger charge is 2.15. The summed E-state index contributed by atoms with van der Waals surface area (Å²) in [6.07, 6.45) is 0.710. The lowest BCUT2D eigenvalue weighted by molar-refractivity contribution is -0.118. The van der Waals surface area contributed by atoms with Crippen LogP contribution in [0, 0.1) is 0 Å². The number of benzene rings is 2. The topological polar surface area (TPSA) is 64.0 Å². The fourth-order valence-corrected chi connectivity index (χ4v) is 4.84. The Bertz CT molecular complexity index is 1270. The molecule has 0 saturated heterocycles. The standard InChI is InChI=1S/C22H17Cl2N3O2S2/c23-15-3-1-14(2-4-15)9-11-25-19(28)13-31-22-26-18-10-12-30-20(18)21(29)27(22)17-7-5-16(24)6-8-17/h1-8,10,12H,9,11,13H2,(H,25,28). The number of halogens is 2. The number of hydrogen-bond donors (Lipinski definition) is 1. The van der Waals surface area contributed by atoms with Crippen molar-refractivity contribution in [1.29, 1.82) is 0 Å². The minimum absolute atomic E-state index is 0.124. The van der Waals surface area contributed by atoms with Gasteiger partial charge in [0.1, 0.15) is 4.70 Å². The molecule has 0 fully saturated rings. The van der Waals surface area contributed by atoms with Crippen LogP contribution in [0.2, 0.25) is 10.0 Å². The molecule has 0 atom stereocenters. The van der Waals surface area contributed by atoms with E-state index in [0.29, 0.717) is 44.1 Å². The van der Waals surface area contributed by atoms with Crippen molar-refractivity contribution in [1.82, 2.24) is 14.9 Å². The monoisotopic (exact) mass is 489 g/mol. The number of carbonyl (C=O) groups is 1.